The summed E-state index contributed by atoms with van der Waals surface area (Å²) in [4.78, 5) is 128. The summed E-state index contributed by atoms with van der Waals surface area (Å²) < 4.78 is 0.828. The van der Waals surface area contributed by atoms with E-state index >= 15 is 0 Å². The van der Waals surface area contributed by atoms with Crippen LogP contribution in [0.15, 0.2) is 28.7 Å². The van der Waals surface area contributed by atoms with Crippen LogP contribution in [0.1, 0.15) is 69.8 Å². The third-order valence-electron chi connectivity index (χ3n) is 11.1. The minimum Gasteiger partial charge on any atom is -0.481 e. The van der Waals surface area contributed by atoms with Gasteiger partial charge in [-0.3, -0.25) is 53.2 Å². The second-order valence-electron chi connectivity index (χ2n) is 16.5. The van der Waals surface area contributed by atoms with Gasteiger partial charge in [0.15, 0.2) is 0 Å². The molecule has 26 heteroatoms. The van der Waals surface area contributed by atoms with Crippen molar-refractivity contribution in [2.24, 2.45) is 0 Å². The Morgan fingerprint density at radius 2 is 1.04 bits per heavy atom. The molecule has 0 aliphatic carbocycles. The van der Waals surface area contributed by atoms with Gasteiger partial charge in [0.25, 0.3) is 0 Å². The van der Waals surface area contributed by atoms with Crippen molar-refractivity contribution in [3.63, 3.8) is 0 Å². The number of carboxylic acid groups (broad SMARTS) is 7. The van der Waals surface area contributed by atoms with Gasteiger partial charge < -0.3 is 56.6 Å². The lowest BCUT2D eigenvalue weighted by molar-refractivity contribution is -0.145. The first-order valence-electron chi connectivity index (χ1n) is 22.5. The molecule has 1 aromatic carbocycles. The molecule has 0 bridgehead atoms. The van der Waals surface area contributed by atoms with Crippen LogP contribution in [-0.2, 0) is 49.7 Å². The van der Waals surface area contributed by atoms with Crippen LogP contribution in [0, 0.1) is 0 Å². The van der Waals surface area contributed by atoms with Crippen LogP contribution in [0.2, 0.25) is 0 Å². The molecular weight excluding hydrogens is 980 g/mol. The molecule has 1 heterocycles. The van der Waals surface area contributed by atoms with Crippen molar-refractivity contribution in [3.05, 3.63) is 34.3 Å². The molecule has 4 amide bonds. The molecule has 1 saturated heterocycles. The van der Waals surface area contributed by atoms with Crippen LogP contribution in [0.5, 0.6) is 0 Å². The van der Waals surface area contributed by atoms with E-state index in [-0.39, 0.29) is 130 Å². The van der Waals surface area contributed by atoms with Gasteiger partial charge in [-0.2, -0.15) is 0 Å². The number of hydrogen-bond donors (Lipinski definition) is 10. The summed E-state index contributed by atoms with van der Waals surface area (Å²) in [6.45, 7) is 0.502. The van der Waals surface area contributed by atoms with Crippen LogP contribution in [0.25, 0.3) is 0 Å². The fraction of sp³-hybridized carbons (Fsp3) is 0.628. The number of unbranched alkanes of at least 4 members (excludes halogenated alkanes) is 2. The fourth-order valence-corrected chi connectivity index (χ4v) is 7.68. The van der Waals surface area contributed by atoms with E-state index < -0.39 is 84.7 Å². The molecule has 0 saturated carbocycles. The van der Waals surface area contributed by atoms with Crippen molar-refractivity contribution in [1.82, 2.24) is 40.4 Å². The summed E-state index contributed by atoms with van der Waals surface area (Å²) in [6, 6.07) is 2.05. The van der Waals surface area contributed by atoms with Crippen molar-refractivity contribution in [3.8, 4) is 0 Å². The summed E-state index contributed by atoms with van der Waals surface area (Å²) in [6.07, 6.45) is 0.141. The summed E-state index contributed by atoms with van der Waals surface area (Å²) in [5.74, 6) is -9.38. The number of nitrogens with one attached hydrogen (secondary N) is 3. The van der Waals surface area contributed by atoms with Gasteiger partial charge in [-0.05, 0) is 62.6 Å². The smallest absolute Gasteiger partial charge is 0.326 e. The lowest BCUT2D eigenvalue weighted by Gasteiger charge is -2.35. The summed E-state index contributed by atoms with van der Waals surface area (Å²) >= 11 is 3.38. The van der Waals surface area contributed by atoms with Gasteiger partial charge >= 0.3 is 47.8 Å². The molecule has 69 heavy (non-hydrogen) atoms. The Bertz CT molecular complexity index is 1860. The van der Waals surface area contributed by atoms with Gasteiger partial charge in [-0.15, -0.1) is 0 Å². The van der Waals surface area contributed by atoms with Crippen molar-refractivity contribution in [2.75, 3.05) is 85.1 Å². The molecule has 2 rings (SSSR count). The van der Waals surface area contributed by atoms with Gasteiger partial charge in [0.05, 0.1) is 19.6 Å². The molecule has 0 aromatic heterocycles. The molecule has 0 radical (unpaired) electrons. The number of aliphatic carboxylic acids is 7. The molecule has 0 spiro atoms. The highest BCUT2D eigenvalue weighted by Crippen LogP contribution is 2.16. The van der Waals surface area contributed by atoms with E-state index in [1.54, 1.807) is 24.5 Å². The van der Waals surface area contributed by atoms with Crippen molar-refractivity contribution in [2.45, 2.75) is 88.9 Å². The minimum absolute atomic E-state index is 0.0613. The first-order valence-corrected chi connectivity index (χ1v) is 23.2. The SMILES string of the molecule is O=C(O)CCC(NC(=O)NC(CCCCN(Cc1ccc(Br)cc1)C(=O)CCCCNC(=O)CCC(C(=O)O)N1CCN(CC(=O)O)CCN(CC(=O)O)CCN(CC(=O)O)CC1)C(=O)O)C(=O)O. The number of halogens is 1. The Kier molecular flexibility index (Phi) is 27.4. The molecule has 386 valence electrons. The third kappa shape index (κ3) is 25.8. The van der Waals surface area contributed by atoms with Crippen LogP contribution in [0.4, 0.5) is 4.79 Å². The maximum absolute atomic E-state index is 13.5. The van der Waals surface area contributed by atoms with E-state index in [1.807, 2.05) is 24.3 Å². The summed E-state index contributed by atoms with van der Waals surface area (Å²) in [5, 5.41) is 73.6. The Balaban J connectivity index is 1.99. The Morgan fingerprint density at radius 1 is 0.551 bits per heavy atom. The zero-order valence-corrected chi connectivity index (χ0v) is 39.9. The van der Waals surface area contributed by atoms with E-state index in [0.29, 0.717) is 19.3 Å². The number of hydrogen-bond acceptors (Lipinski definition) is 14. The van der Waals surface area contributed by atoms with Crippen molar-refractivity contribution in [1.29, 1.82) is 0 Å². The van der Waals surface area contributed by atoms with Crippen molar-refractivity contribution < 1.29 is 83.7 Å². The number of carbonyl (C=O) groups excluding carboxylic acids is 3. The van der Waals surface area contributed by atoms with Gasteiger partial charge in [0.1, 0.15) is 18.1 Å². The topological polar surface area (TPSA) is 365 Å². The van der Waals surface area contributed by atoms with Gasteiger partial charge in [-0.25, -0.2) is 14.4 Å². The standard InChI is InChI=1S/C43H65BrN8O17/c44-30-9-7-29(8-10-30)25-52(16-4-2-5-31(40(63)64)46-43(69)47-32(41(65)66)11-14-36(55)56)35(54)6-1-3-15-45-34(53)13-12-33(42(67)68)51-23-21-49(27-38(59)60)19-17-48(26-37(57)58)18-20-50(22-24-51)28-39(61)62/h7-10,31-33H,1-6,11-28H2,(H,45,53)(H,55,56)(H,57,58)(H,59,60)(H,61,62)(H,63,64)(H,65,66)(H,67,68)(H2,46,47,69). The maximum atomic E-state index is 13.5. The zero-order chi connectivity index (χ0) is 51.5. The van der Waals surface area contributed by atoms with Gasteiger partial charge in [0.2, 0.25) is 11.8 Å². The highest BCUT2D eigenvalue weighted by atomic mass is 79.9. The predicted octanol–water partition coefficient (Wildman–Crippen LogP) is 0.0137. The van der Waals surface area contributed by atoms with Gasteiger partial charge in [0, 0.05) is 95.7 Å². The molecule has 3 atom stereocenters. The van der Waals surface area contributed by atoms with E-state index in [1.165, 1.54) is 0 Å². The lowest BCUT2D eigenvalue weighted by Crippen LogP contribution is -2.52. The van der Waals surface area contributed by atoms with Crippen LogP contribution < -0.4 is 16.0 Å². The second-order valence-corrected chi connectivity index (χ2v) is 17.4. The molecule has 1 aliphatic heterocycles. The number of rotatable bonds is 30. The lowest BCUT2D eigenvalue weighted by atomic mass is 10.1. The Hall–Kier alpha value is -5.96. The second kappa shape index (κ2) is 32.0. The molecule has 1 aliphatic rings. The fourth-order valence-electron chi connectivity index (χ4n) is 7.41. The Morgan fingerprint density at radius 3 is 1.51 bits per heavy atom. The predicted molar refractivity (Wildman–Crippen MR) is 246 cm³/mol. The maximum Gasteiger partial charge on any atom is 0.326 e. The third-order valence-corrected chi connectivity index (χ3v) is 11.7. The number of carbonyl (C=O) groups is 10. The molecular formula is C43H65BrN8O17. The zero-order valence-electron chi connectivity index (χ0n) is 38.3. The van der Waals surface area contributed by atoms with Crippen LogP contribution >= 0.6 is 15.9 Å². The minimum atomic E-state index is -1.55. The van der Waals surface area contributed by atoms with Gasteiger partial charge in [-0.1, -0.05) is 28.1 Å². The van der Waals surface area contributed by atoms with Crippen LogP contribution in [0.3, 0.4) is 0 Å². The number of urea groups is 1. The normalized spacial score (nSPS) is 15.8. The van der Waals surface area contributed by atoms with E-state index in [0.717, 1.165) is 10.0 Å². The average Bonchev–Trinajstić information content (AvgIpc) is 3.25. The first kappa shape index (κ1) is 59.2. The first-order chi connectivity index (χ1) is 32.6. The Labute approximate surface area is 406 Å². The van der Waals surface area contributed by atoms with E-state index in [4.69, 9.17) is 5.11 Å². The molecule has 25 nitrogen and oxygen atoms in total. The number of benzene rings is 1. The highest BCUT2D eigenvalue weighted by Gasteiger charge is 2.29. The molecule has 3 unspecified atom stereocenters. The quantitative estimate of drug-likeness (QED) is 0.0454. The number of carboxylic acids is 7. The monoisotopic (exact) mass is 1040 g/mol. The summed E-state index contributed by atoms with van der Waals surface area (Å²) in [7, 11) is 0. The number of nitrogens with zero attached hydrogens (tertiary/aromatic N) is 5. The highest BCUT2D eigenvalue weighted by molar-refractivity contribution is 9.10. The molecule has 1 aromatic rings. The largest absolute Gasteiger partial charge is 0.481 e. The van der Waals surface area contributed by atoms with Crippen molar-refractivity contribution >= 4 is 75.6 Å². The summed E-state index contributed by atoms with van der Waals surface area (Å²) in [5.41, 5.74) is 0.823. The molecule has 1 fully saturated rings. The van der Waals surface area contributed by atoms with E-state index in [9.17, 15) is 78.6 Å². The number of amides is 4. The average molecular weight is 1050 g/mol. The van der Waals surface area contributed by atoms with Crippen LogP contribution in [-0.4, -0.2) is 223 Å². The molecule has 10 N–H and O–H groups in total. The van der Waals surface area contributed by atoms with E-state index in [2.05, 4.69) is 31.9 Å².